The van der Waals surface area contributed by atoms with Crippen molar-refractivity contribution in [2.45, 2.75) is 22.0 Å². The highest BCUT2D eigenvalue weighted by Gasteiger charge is 2.08. The second-order valence-electron chi connectivity index (χ2n) is 3.23. The Morgan fingerprint density at radius 1 is 1.28 bits per heavy atom. The zero-order valence-electron chi connectivity index (χ0n) is 9.84. The number of hydrogen-bond donors (Lipinski definition) is 2. The third-order valence-corrected chi connectivity index (χ3v) is 4.84. The van der Waals surface area contributed by atoms with Gasteiger partial charge in [-0.15, -0.1) is 10.2 Å². The molecule has 2 amide bonds. The van der Waals surface area contributed by atoms with E-state index in [4.69, 9.17) is 5.73 Å². The van der Waals surface area contributed by atoms with Gasteiger partial charge in [0.1, 0.15) is 0 Å². The average Bonchev–Trinajstić information content (AvgIpc) is 2.79. The molecule has 0 saturated carbocycles. The molecule has 6 nitrogen and oxygen atoms in total. The molecule has 0 aromatic carbocycles. The molecule has 1 aromatic rings. The first-order valence-electron chi connectivity index (χ1n) is 5.26. The maximum Gasteiger partial charge on any atom is 0.230 e. The molecule has 0 aliphatic heterocycles. The minimum absolute atomic E-state index is 0.0108. The van der Waals surface area contributed by atoms with Crippen LogP contribution in [0.2, 0.25) is 0 Å². The van der Waals surface area contributed by atoms with E-state index in [-0.39, 0.29) is 17.6 Å². The van der Waals surface area contributed by atoms with E-state index < -0.39 is 0 Å². The van der Waals surface area contributed by atoms with Crippen molar-refractivity contribution in [3.05, 3.63) is 0 Å². The number of primary amides is 1. The van der Waals surface area contributed by atoms with Gasteiger partial charge in [0.2, 0.25) is 11.8 Å². The van der Waals surface area contributed by atoms with Crippen molar-refractivity contribution in [2.24, 2.45) is 5.73 Å². The van der Waals surface area contributed by atoms with Gasteiger partial charge >= 0.3 is 0 Å². The fraction of sp³-hybridized carbons (Fsp3) is 0.556. The van der Waals surface area contributed by atoms with Crippen LogP contribution in [-0.2, 0) is 9.59 Å². The lowest BCUT2D eigenvalue weighted by Crippen LogP contribution is -2.25. The summed E-state index contributed by atoms with van der Waals surface area (Å²) in [6.07, 6.45) is 0.920. The Bertz CT molecular complexity index is 410. The molecule has 1 aromatic heterocycles. The molecule has 0 saturated heterocycles. The summed E-state index contributed by atoms with van der Waals surface area (Å²) in [5, 5.41) is 10.6. The molecule has 0 aliphatic rings. The molecule has 0 radical (unpaired) electrons. The topological polar surface area (TPSA) is 98.0 Å². The summed E-state index contributed by atoms with van der Waals surface area (Å²) in [6, 6.07) is 0. The molecule has 0 aliphatic carbocycles. The molecular weight excluding hydrogens is 292 g/mol. The molecule has 1 heterocycles. The van der Waals surface area contributed by atoms with Crippen molar-refractivity contribution in [1.29, 1.82) is 0 Å². The fourth-order valence-corrected chi connectivity index (χ4v) is 3.48. The van der Waals surface area contributed by atoms with Crippen molar-refractivity contribution >= 4 is 46.7 Å². The summed E-state index contributed by atoms with van der Waals surface area (Å²) < 4.78 is 1.40. The second-order valence-corrected chi connectivity index (χ2v) is 6.65. The van der Waals surface area contributed by atoms with Gasteiger partial charge in [-0.1, -0.05) is 41.8 Å². The van der Waals surface area contributed by atoms with Crippen LogP contribution in [0.4, 0.5) is 0 Å². The van der Waals surface area contributed by atoms with Gasteiger partial charge < -0.3 is 11.1 Å². The van der Waals surface area contributed by atoms with Crippen LogP contribution in [0.25, 0.3) is 0 Å². The maximum absolute atomic E-state index is 11.4. The zero-order chi connectivity index (χ0) is 13.4. The molecule has 100 valence electrons. The first-order valence-corrected chi connectivity index (χ1v) is 8.04. The Kier molecular flexibility index (Phi) is 7.06. The lowest BCUT2D eigenvalue weighted by atomic mass is 10.5. The number of thioether (sulfide) groups is 2. The van der Waals surface area contributed by atoms with E-state index in [0.29, 0.717) is 21.0 Å². The van der Waals surface area contributed by atoms with E-state index in [0.717, 1.165) is 6.42 Å². The van der Waals surface area contributed by atoms with Crippen LogP contribution < -0.4 is 11.1 Å². The Labute approximate surface area is 117 Å². The predicted molar refractivity (Wildman–Crippen MR) is 73.9 cm³/mol. The molecule has 0 fully saturated rings. The van der Waals surface area contributed by atoms with Gasteiger partial charge in [-0.2, -0.15) is 0 Å². The number of nitrogens with one attached hydrogen (secondary N) is 1. The van der Waals surface area contributed by atoms with Gasteiger partial charge in [0, 0.05) is 6.54 Å². The number of hydrogen-bond acceptors (Lipinski definition) is 7. The summed E-state index contributed by atoms with van der Waals surface area (Å²) in [5.41, 5.74) is 5.03. The lowest BCUT2D eigenvalue weighted by Gasteiger charge is -2.00. The highest BCUT2D eigenvalue weighted by atomic mass is 32.2. The van der Waals surface area contributed by atoms with Crippen molar-refractivity contribution in [3.63, 3.8) is 0 Å². The Hall–Kier alpha value is -0.800. The predicted octanol–water partition coefficient (Wildman–Crippen LogP) is 0.734. The SMILES string of the molecule is CCCNC(=O)CSc1nnc(SCC(N)=O)s1. The molecule has 3 N–H and O–H groups in total. The van der Waals surface area contributed by atoms with Crippen LogP contribution in [0.5, 0.6) is 0 Å². The average molecular weight is 306 g/mol. The summed E-state index contributed by atoms with van der Waals surface area (Å²) in [4.78, 5) is 21.9. The minimum Gasteiger partial charge on any atom is -0.369 e. The van der Waals surface area contributed by atoms with Crippen LogP contribution in [0.15, 0.2) is 8.68 Å². The molecule has 0 bridgehead atoms. The quantitative estimate of drug-likeness (QED) is 0.687. The smallest absolute Gasteiger partial charge is 0.230 e. The number of nitrogens with two attached hydrogens (primary N) is 1. The highest BCUT2D eigenvalue weighted by molar-refractivity contribution is 8.03. The van der Waals surface area contributed by atoms with Crippen molar-refractivity contribution < 1.29 is 9.59 Å². The number of rotatable bonds is 8. The van der Waals surface area contributed by atoms with Gasteiger partial charge in [-0.05, 0) is 6.42 Å². The van der Waals surface area contributed by atoms with Gasteiger partial charge in [-0.3, -0.25) is 9.59 Å². The number of amides is 2. The summed E-state index contributed by atoms with van der Waals surface area (Å²) in [5.74, 6) is 0.123. The number of nitrogens with zero attached hydrogens (tertiary/aromatic N) is 2. The van der Waals surface area contributed by atoms with Crippen LogP contribution in [0.1, 0.15) is 13.3 Å². The van der Waals surface area contributed by atoms with Crippen LogP contribution >= 0.6 is 34.9 Å². The molecule has 0 atom stereocenters. The van der Waals surface area contributed by atoms with E-state index >= 15 is 0 Å². The summed E-state index contributed by atoms with van der Waals surface area (Å²) in [7, 11) is 0. The van der Waals surface area contributed by atoms with Crippen molar-refractivity contribution in [3.8, 4) is 0 Å². The van der Waals surface area contributed by atoms with E-state index in [1.54, 1.807) is 0 Å². The van der Waals surface area contributed by atoms with Crippen LogP contribution in [-0.4, -0.2) is 40.1 Å². The maximum atomic E-state index is 11.4. The number of aromatic nitrogens is 2. The van der Waals surface area contributed by atoms with E-state index in [2.05, 4.69) is 15.5 Å². The first-order chi connectivity index (χ1) is 8.61. The molecule has 1 rings (SSSR count). The Morgan fingerprint density at radius 2 is 1.89 bits per heavy atom. The molecule has 18 heavy (non-hydrogen) atoms. The van der Waals surface area contributed by atoms with Crippen molar-refractivity contribution in [2.75, 3.05) is 18.1 Å². The fourth-order valence-electron chi connectivity index (χ4n) is 0.889. The molecule has 9 heteroatoms. The molecule has 0 spiro atoms. The Balaban J connectivity index is 2.30. The van der Waals surface area contributed by atoms with Gasteiger partial charge in [0.05, 0.1) is 11.5 Å². The van der Waals surface area contributed by atoms with E-state index in [9.17, 15) is 9.59 Å². The Morgan fingerprint density at radius 3 is 2.44 bits per heavy atom. The van der Waals surface area contributed by atoms with E-state index in [1.807, 2.05) is 6.92 Å². The third kappa shape index (κ3) is 6.22. The van der Waals surface area contributed by atoms with Gasteiger partial charge in [0.15, 0.2) is 8.68 Å². The van der Waals surface area contributed by atoms with Gasteiger partial charge in [-0.25, -0.2) is 0 Å². The third-order valence-electron chi connectivity index (χ3n) is 1.62. The number of carbonyl (C=O) groups excluding carboxylic acids is 2. The largest absolute Gasteiger partial charge is 0.369 e. The summed E-state index contributed by atoms with van der Waals surface area (Å²) >= 11 is 3.95. The van der Waals surface area contributed by atoms with Crippen molar-refractivity contribution in [1.82, 2.24) is 15.5 Å². The van der Waals surface area contributed by atoms with Gasteiger partial charge in [0.25, 0.3) is 0 Å². The zero-order valence-corrected chi connectivity index (χ0v) is 12.3. The monoisotopic (exact) mass is 306 g/mol. The summed E-state index contributed by atoms with van der Waals surface area (Å²) in [6.45, 7) is 2.69. The lowest BCUT2D eigenvalue weighted by molar-refractivity contribution is -0.118. The van der Waals surface area contributed by atoms with E-state index in [1.165, 1.54) is 34.9 Å². The van der Waals surface area contributed by atoms with Crippen LogP contribution in [0, 0.1) is 0 Å². The molecular formula is C9H14N4O2S3. The minimum atomic E-state index is -0.386. The molecule has 0 unspecified atom stereocenters. The standard InChI is InChI=1S/C9H14N4O2S3/c1-2-3-11-7(15)5-17-9-13-12-8(18-9)16-4-6(10)14/h2-5H2,1H3,(H2,10,14)(H,11,15). The number of carbonyl (C=O) groups is 2. The second kappa shape index (κ2) is 8.33. The van der Waals surface area contributed by atoms with Crippen LogP contribution in [0.3, 0.4) is 0 Å². The normalized spacial score (nSPS) is 10.3. The highest BCUT2D eigenvalue weighted by Crippen LogP contribution is 2.28. The first kappa shape index (κ1) is 15.3.